The number of rotatable bonds is 3. The zero-order chi connectivity index (χ0) is 11.5. The summed E-state index contributed by atoms with van der Waals surface area (Å²) < 4.78 is 0. The molecule has 1 unspecified atom stereocenters. The Hall–Kier alpha value is -0.0800. The quantitative estimate of drug-likeness (QED) is 0.779. The van der Waals surface area contributed by atoms with E-state index in [2.05, 4.69) is 32.7 Å². The number of likely N-dealkylation sites (N-methyl/N-ethyl adjacent to an activating group) is 1. The number of nitrogens with two attached hydrogens (primary N) is 1. The Kier molecular flexibility index (Phi) is 4.60. The maximum absolute atomic E-state index is 5.92. The minimum absolute atomic E-state index is 0.293. The van der Waals surface area contributed by atoms with Gasteiger partial charge >= 0.3 is 0 Å². The molecule has 90 valence electrons. The molecule has 1 aliphatic carbocycles. The normalized spacial score (nSPS) is 22.0. The molecule has 0 spiro atoms. The van der Waals surface area contributed by atoms with E-state index in [9.17, 15) is 0 Å². The highest BCUT2D eigenvalue weighted by molar-refractivity contribution is 4.87. The van der Waals surface area contributed by atoms with Gasteiger partial charge in [0, 0.05) is 18.6 Å². The highest BCUT2D eigenvalue weighted by atomic mass is 15.2. The van der Waals surface area contributed by atoms with Crippen molar-refractivity contribution >= 4 is 0 Å². The molecule has 0 aromatic rings. The average Bonchev–Trinajstić information content (AvgIpc) is 2.18. The van der Waals surface area contributed by atoms with Crippen molar-refractivity contribution in [2.75, 3.05) is 13.6 Å². The Labute approximate surface area is 95.2 Å². The smallest absolute Gasteiger partial charge is 0.0266 e. The summed E-state index contributed by atoms with van der Waals surface area (Å²) >= 11 is 0. The van der Waals surface area contributed by atoms with E-state index in [-0.39, 0.29) is 0 Å². The van der Waals surface area contributed by atoms with Gasteiger partial charge in [-0.15, -0.1) is 0 Å². The second-order valence-electron chi connectivity index (χ2n) is 6.07. The summed E-state index contributed by atoms with van der Waals surface area (Å²) in [5.41, 5.74) is 6.22. The van der Waals surface area contributed by atoms with Gasteiger partial charge in [-0.1, -0.05) is 40.0 Å². The Morgan fingerprint density at radius 3 is 2.13 bits per heavy atom. The monoisotopic (exact) mass is 212 g/mol. The molecule has 0 aromatic carbocycles. The lowest BCUT2D eigenvalue weighted by molar-refractivity contribution is 0.0715. The van der Waals surface area contributed by atoms with Crippen molar-refractivity contribution in [2.24, 2.45) is 11.1 Å². The first-order chi connectivity index (χ1) is 6.96. The van der Waals surface area contributed by atoms with Gasteiger partial charge in [-0.3, -0.25) is 4.90 Å². The van der Waals surface area contributed by atoms with Gasteiger partial charge in [-0.25, -0.2) is 0 Å². The predicted molar refractivity (Wildman–Crippen MR) is 66.9 cm³/mol. The van der Waals surface area contributed by atoms with Crippen LogP contribution >= 0.6 is 0 Å². The van der Waals surface area contributed by atoms with Gasteiger partial charge in [0.1, 0.15) is 0 Å². The molecule has 1 fully saturated rings. The fourth-order valence-electron chi connectivity index (χ4n) is 2.87. The lowest BCUT2D eigenvalue weighted by atomic mass is 9.83. The largest absolute Gasteiger partial charge is 0.329 e. The minimum atomic E-state index is 0.293. The second-order valence-corrected chi connectivity index (χ2v) is 6.07. The zero-order valence-corrected chi connectivity index (χ0v) is 10.9. The second kappa shape index (κ2) is 5.31. The first-order valence-electron chi connectivity index (χ1n) is 6.39. The lowest BCUT2D eigenvalue weighted by Crippen LogP contribution is -2.51. The van der Waals surface area contributed by atoms with E-state index in [0.29, 0.717) is 11.5 Å². The van der Waals surface area contributed by atoms with Crippen LogP contribution in [0.5, 0.6) is 0 Å². The molecule has 0 heterocycles. The molecule has 0 saturated heterocycles. The molecule has 0 amide bonds. The molecule has 0 bridgehead atoms. The third-order valence-electron chi connectivity index (χ3n) is 3.87. The maximum Gasteiger partial charge on any atom is 0.0266 e. The Bertz CT molecular complexity index is 177. The Morgan fingerprint density at radius 2 is 1.73 bits per heavy atom. The van der Waals surface area contributed by atoms with Crippen molar-refractivity contribution in [1.82, 2.24) is 4.90 Å². The zero-order valence-electron chi connectivity index (χ0n) is 10.9. The van der Waals surface area contributed by atoms with Gasteiger partial charge in [-0.05, 0) is 25.3 Å². The SMILES string of the molecule is CN(C1CCCCC1)C(CN)C(C)(C)C. The first-order valence-corrected chi connectivity index (χ1v) is 6.39. The molecule has 1 atom stereocenters. The molecule has 1 rings (SSSR count). The highest BCUT2D eigenvalue weighted by Gasteiger charge is 2.31. The molecule has 2 N–H and O–H groups in total. The van der Waals surface area contributed by atoms with Gasteiger partial charge in [0.15, 0.2) is 0 Å². The van der Waals surface area contributed by atoms with E-state index in [1.165, 1.54) is 32.1 Å². The van der Waals surface area contributed by atoms with Gasteiger partial charge < -0.3 is 5.73 Å². The molecule has 0 radical (unpaired) electrons. The fourth-order valence-corrected chi connectivity index (χ4v) is 2.87. The fraction of sp³-hybridized carbons (Fsp3) is 1.00. The number of hydrogen-bond donors (Lipinski definition) is 1. The molecule has 1 aliphatic rings. The van der Waals surface area contributed by atoms with E-state index in [0.717, 1.165) is 12.6 Å². The summed E-state index contributed by atoms with van der Waals surface area (Å²) in [5.74, 6) is 0. The van der Waals surface area contributed by atoms with Gasteiger partial charge in [0.25, 0.3) is 0 Å². The average molecular weight is 212 g/mol. The molecular weight excluding hydrogens is 184 g/mol. The van der Waals surface area contributed by atoms with Crippen LogP contribution in [0.25, 0.3) is 0 Å². The van der Waals surface area contributed by atoms with Crippen LogP contribution in [0, 0.1) is 5.41 Å². The molecule has 15 heavy (non-hydrogen) atoms. The van der Waals surface area contributed by atoms with E-state index in [1.807, 2.05) is 0 Å². The van der Waals surface area contributed by atoms with Gasteiger partial charge in [0.05, 0.1) is 0 Å². The first kappa shape index (κ1) is 13.0. The highest BCUT2D eigenvalue weighted by Crippen LogP contribution is 2.29. The summed E-state index contributed by atoms with van der Waals surface area (Å²) in [5, 5.41) is 0. The summed E-state index contributed by atoms with van der Waals surface area (Å²) in [7, 11) is 2.26. The summed E-state index contributed by atoms with van der Waals surface area (Å²) in [6, 6.07) is 1.28. The maximum atomic E-state index is 5.92. The number of hydrogen-bond acceptors (Lipinski definition) is 2. The Morgan fingerprint density at radius 1 is 1.20 bits per heavy atom. The minimum Gasteiger partial charge on any atom is -0.329 e. The number of nitrogens with zero attached hydrogens (tertiary/aromatic N) is 1. The molecule has 2 nitrogen and oxygen atoms in total. The molecule has 0 aromatic heterocycles. The van der Waals surface area contributed by atoms with Crippen LogP contribution in [0.2, 0.25) is 0 Å². The van der Waals surface area contributed by atoms with Crippen molar-refractivity contribution < 1.29 is 0 Å². The van der Waals surface area contributed by atoms with Crippen molar-refractivity contribution in [1.29, 1.82) is 0 Å². The molecule has 0 aliphatic heterocycles. The van der Waals surface area contributed by atoms with Crippen LogP contribution in [0.3, 0.4) is 0 Å². The van der Waals surface area contributed by atoms with E-state index in [1.54, 1.807) is 0 Å². The molecular formula is C13H28N2. The van der Waals surface area contributed by atoms with Crippen LogP contribution in [0.15, 0.2) is 0 Å². The van der Waals surface area contributed by atoms with Crippen molar-refractivity contribution in [2.45, 2.75) is 65.0 Å². The van der Waals surface area contributed by atoms with Crippen LogP contribution in [-0.4, -0.2) is 30.6 Å². The van der Waals surface area contributed by atoms with Gasteiger partial charge in [-0.2, -0.15) is 0 Å². The van der Waals surface area contributed by atoms with Crippen LogP contribution in [0.1, 0.15) is 52.9 Å². The third-order valence-corrected chi connectivity index (χ3v) is 3.87. The van der Waals surface area contributed by atoms with E-state index < -0.39 is 0 Å². The van der Waals surface area contributed by atoms with Gasteiger partial charge in [0.2, 0.25) is 0 Å². The third kappa shape index (κ3) is 3.46. The molecule has 2 heteroatoms. The summed E-state index contributed by atoms with van der Waals surface area (Å²) in [6.45, 7) is 7.66. The lowest BCUT2D eigenvalue weighted by Gasteiger charge is -2.43. The van der Waals surface area contributed by atoms with Crippen LogP contribution < -0.4 is 5.73 Å². The summed E-state index contributed by atoms with van der Waals surface area (Å²) in [4.78, 5) is 2.54. The van der Waals surface area contributed by atoms with E-state index >= 15 is 0 Å². The van der Waals surface area contributed by atoms with E-state index in [4.69, 9.17) is 5.73 Å². The van der Waals surface area contributed by atoms with Crippen LogP contribution in [0.4, 0.5) is 0 Å². The van der Waals surface area contributed by atoms with Crippen molar-refractivity contribution in [3.8, 4) is 0 Å². The topological polar surface area (TPSA) is 29.3 Å². The predicted octanol–water partition coefficient (Wildman–Crippen LogP) is 2.62. The van der Waals surface area contributed by atoms with Crippen LogP contribution in [-0.2, 0) is 0 Å². The summed E-state index contributed by atoms with van der Waals surface area (Å²) in [6.07, 6.45) is 6.95. The molecule has 1 saturated carbocycles. The Balaban J connectivity index is 2.59. The van der Waals surface area contributed by atoms with Crippen molar-refractivity contribution in [3.63, 3.8) is 0 Å². The van der Waals surface area contributed by atoms with Crippen molar-refractivity contribution in [3.05, 3.63) is 0 Å². The standard InChI is InChI=1S/C13H28N2/c1-13(2,3)12(10-14)15(4)11-8-6-5-7-9-11/h11-12H,5-10,14H2,1-4H3.